The van der Waals surface area contributed by atoms with Gasteiger partial charge in [0.2, 0.25) is 0 Å². The SMILES string of the molecule is CC(C)NCc1c(O)ccc2oc3c(c12)CCCC3. The molecule has 19 heavy (non-hydrogen) atoms. The van der Waals surface area contributed by atoms with Gasteiger partial charge < -0.3 is 14.8 Å². The predicted molar refractivity (Wildman–Crippen MR) is 76.5 cm³/mol. The van der Waals surface area contributed by atoms with E-state index in [0.717, 1.165) is 35.1 Å². The summed E-state index contributed by atoms with van der Waals surface area (Å²) in [5, 5.41) is 14.7. The van der Waals surface area contributed by atoms with E-state index in [2.05, 4.69) is 19.2 Å². The molecular formula is C16H21NO2. The van der Waals surface area contributed by atoms with Crippen molar-refractivity contribution in [3.05, 3.63) is 29.0 Å². The minimum Gasteiger partial charge on any atom is -0.508 e. The minimum atomic E-state index is 0.370. The van der Waals surface area contributed by atoms with Crippen molar-refractivity contribution in [1.29, 1.82) is 0 Å². The van der Waals surface area contributed by atoms with E-state index in [9.17, 15) is 5.11 Å². The second-order valence-corrected chi connectivity index (χ2v) is 5.68. The third kappa shape index (κ3) is 2.23. The van der Waals surface area contributed by atoms with Crippen LogP contribution in [0.25, 0.3) is 11.0 Å². The minimum absolute atomic E-state index is 0.370. The average molecular weight is 259 g/mol. The Morgan fingerprint density at radius 2 is 2.05 bits per heavy atom. The number of aromatic hydroxyl groups is 1. The maximum Gasteiger partial charge on any atom is 0.135 e. The summed E-state index contributed by atoms with van der Waals surface area (Å²) >= 11 is 0. The molecule has 102 valence electrons. The first-order valence-electron chi connectivity index (χ1n) is 7.15. The van der Waals surface area contributed by atoms with E-state index in [1.54, 1.807) is 6.07 Å². The highest BCUT2D eigenvalue weighted by molar-refractivity contribution is 5.88. The Hall–Kier alpha value is -1.48. The smallest absolute Gasteiger partial charge is 0.135 e. The van der Waals surface area contributed by atoms with Crippen molar-refractivity contribution < 1.29 is 9.52 Å². The number of phenolic OH excluding ortho intramolecular Hbond substituents is 1. The van der Waals surface area contributed by atoms with Gasteiger partial charge in [-0.25, -0.2) is 0 Å². The lowest BCUT2D eigenvalue weighted by atomic mass is 9.93. The first-order chi connectivity index (χ1) is 9.16. The van der Waals surface area contributed by atoms with E-state index in [4.69, 9.17) is 4.42 Å². The van der Waals surface area contributed by atoms with Crippen molar-refractivity contribution in [1.82, 2.24) is 5.32 Å². The van der Waals surface area contributed by atoms with Crippen LogP contribution < -0.4 is 5.32 Å². The van der Waals surface area contributed by atoms with Gasteiger partial charge in [-0.05, 0) is 31.4 Å². The van der Waals surface area contributed by atoms with Gasteiger partial charge in [0.25, 0.3) is 0 Å². The van der Waals surface area contributed by atoms with Gasteiger partial charge in [-0.15, -0.1) is 0 Å². The number of hydrogen-bond acceptors (Lipinski definition) is 3. The molecule has 0 radical (unpaired) electrons. The molecule has 1 aromatic carbocycles. The summed E-state index contributed by atoms with van der Waals surface area (Å²) in [6.45, 7) is 4.91. The number of nitrogens with one attached hydrogen (secondary N) is 1. The Morgan fingerprint density at radius 1 is 1.26 bits per heavy atom. The lowest BCUT2D eigenvalue weighted by molar-refractivity contribution is 0.462. The van der Waals surface area contributed by atoms with Crippen LogP contribution in [-0.2, 0) is 19.4 Å². The number of benzene rings is 1. The zero-order chi connectivity index (χ0) is 13.4. The van der Waals surface area contributed by atoms with E-state index in [-0.39, 0.29) is 0 Å². The van der Waals surface area contributed by atoms with E-state index >= 15 is 0 Å². The van der Waals surface area contributed by atoms with Gasteiger partial charge >= 0.3 is 0 Å². The molecule has 0 saturated heterocycles. The second-order valence-electron chi connectivity index (χ2n) is 5.68. The van der Waals surface area contributed by atoms with Crippen LogP contribution in [0.15, 0.2) is 16.5 Å². The van der Waals surface area contributed by atoms with Gasteiger partial charge in [-0.2, -0.15) is 0 Å². The van der Waals surface area contributed by atoms with E-state index < -0.39 is 0 Å². The standard InChI is InChI=1S/C16H21NO2/c1-10(2)17-9-12-13(18)7-8-15-16(12)11-5-3-4-6-14(11)19-15/h7-8,10,17-18H,3-6,9H2,1-2H3. The first-order valence-corrected chi connectivity index (χ1v) is 7.15. The lowest BCUT2D eigenvalue weighted by Crippen LogP contribution is -2.22. The molecule has 0 atom stereocenters. The molecule has 1 aliphatic carbocycles. The molecule has 0 amide bonds. The molecule has 1 aromatic heterocycles. The Morgan fingerprint density at radius 3 is 2.84 bits per heavy atom. The van der Waals surface area contributed by atoms with Gasteiger partial charge in [-0.3, -0.25) is 0 Å². The average Bonchev–Trinajstić information content (AvgIpc) is 2.76. The van der Waals surface area contributed by atoms with Crippen LogP contribution >= 0.6 is 0 Å². The summed E-state index contributed by atoms with van der Waals surface area (Å²) in [6, 6.07) is 4.04. The predicted octanol–water partition coefficient (Wildman–Crippen LogP) is 3.52. The zero-order valence-electron chi connectivity index (χ0n) is 11.6. The van der Waals surface area contributed by atoms with Gasteiger partial charge in [0.05, 0.1) is 0 Å². The maximum atomic E-state index is 10.2. The van der Waals surface area contributed by atoms with Gasteiger partial charge in [0.1, 0.15) is 17.1 Å². The van der Waals surface area contributed by atoms with Crippen molar-refractivity contribution >= 4 is 11.0 Å². The maximum absolute atomic E-state index is 10.2. The summed E-state index contributed by atoms with van der Waals surface area (Å²) in [5.41, 5.74) is 3.22. The van der Waals surface area contributed by atoms with E-state index in [0.29, 0.717) is 18.3 Å². The highest BCUT2D eigenvalue weighted by Crippen LogP contribution is 2.37. The van der Waals surface area contributed by atoms with Gasteiger partial charge in [0.15, 0.2) is 0 Å². The first kappa shape index (κ1) is 12.5. The molecule has 0 aliphatic heterocycles. The Balaban J connectivity index is 2.12. The van der Waals surface area contributed by atoms with Gasteiger partial charge in [-0.1, -0.05) is 13.8 Å². The number of phenols is 1. The molecule has 3 heteroatoms. The van der Waals surface area contributed by atoms with Crippen molar-refractivity contribution in [3.8, 4) is 5.75 Å². The fourth-order valence-corrected chi connectivity index (χ4v) is 2.90. The molecule has 2 aromatic rings. The zero-order valence-corrected chi connectivity index (χ0v) is 11.6. The molecule has 0 fully saturated rings. The summed E-state index contributed by atoms with van der Waals surface area (Å²) in [6.07, 6.45) is 4.52. The van der Waals surface area contributed by atoms with Crippen LogP contribution in [0.1, 0.15) is 43.6 Å². The molecule has 3 rings (SSSR count). The van der Waals surface area contributed by atoms with Crippen LogP contribution in [0, 0.1) is 0 Å². The van der Waals surface area contributed by atoms with E-state index in [1.807, 2.05) is 6.07 Å². The second kappa shape index (κ2) is 4.89. The molecule has 1 heterocycles. The molecule has 2 N–H and O–H groups in total. The van der Waals surface area contributed by atoms with Crippen LogP contribution in [0.4, 0.5) is 0 Å². The topological polar surface area (TPSA) is 45.4 Å². The fourth-order valence-electron chi connectivity index (χ4n) is 2.90. The molecule has 0 unspecified atom stereocenters. The van der Waals surface area contributed by atoms with Crippen LogP contribution in [0.2, 0.25) is 0 Å². The molecule has 0 saturated carbocycles. The number of fused-ring (bicyclic) bond motifs is 3. The Bertz CT molecular complexity index is 598. The summed E-state index contributed by atoms with van der Waals surface area (Å²) in [7, 11) is 0. The summed E-state index contributed by atoms with van der Waals surface area (Å²) < 4.78 is 5.95. The van der Waals surface area contributed by atoms with E-state index in [1.165, 1.54) is 18.4 Å². The Kier molecular flexibility index (Phi) is 3.23. The third-order valence-corrected chi connectivity index (χ3v) is 3.89. The van der Waals surface area contributed by atoms with Crippen molar-refractivity contribution in [2.75, 3.05) is 0 Å². The monoisotopic (exact) mass is 259 g/mol. The highest BCUT2D eigenvalue weighted by Gasteiger charge is 2.21. The molecule has 0 bridgehead atoms. The normalized spacial score (nSPS) is 15.1. The molecule has 3 nitrogen and oxygen atoms in total. The van der Waals surface area contributed by atoms with Crippen molar-refractivity contribution in [3.63, 3.8) is 0 Å². The quantitative estimate of drug-likeness (QED) is 0.886. The lowest BCUT2D eigenvalue weighted by Gasteiger charge is -2.13. The number of aryl methyl sites for hydroxylation is 2. The molecule has 0 spiro atoms. The number of furan rings is 1. The van der Waals surface area contributed by atoms with Gasteiger partial charge in [0, 0.05) is 35.5 Å². The van der Waals surface area contributed by atoms with Crippen molar-refractivity contribution in [2.45, 2.75) is 52.1 Å². The largest absolute Gasteiger partial charge is 0.508 e. The fraction of sp³-hybridized carbons (Fsp3) is 0.500. The summed E-state index contributed by atoms with van der Waals surface area (Å²) in [4.78, 5) is 0. The third-order valence-electron chi connectivity index (χ3n) is 3.89. The van der Waals surface area contributed by atoms with Crippen LogP contribution in [0.3, 0.4) is 0 Å². The molecule has 1 aliphatic rings. The number of rotatable bonds is 3. The Labute approximate surface area is 113 Å². The van der Waals surface area contributed by atoms with Crippen molar-refractivity contribution in [2.24, 2.45) is 0 Å². The number of hydrogen-bond donors (Lipinski definition) is 2. The molecular weight excluding hydrogens is 238 g/mol. The van der Waals surface area contributed by atoms with Crippen LogP contribution in [-0.4, -0.2) is 11.1 Å². The highest BCUT2D eigenvalue weighted by atomic mass is 16.3. The summed E-state index contributed by atoms with van der Waals surface area (Å²) in [5.74, 6) is 1.49. The van der Waals surface area contributed by atoms with Crippen LogP contribution in [0.5, 0.6) is 5.75 Å².